The summed E-state index contributed by atoms with van der Waals surface area (Å²) in [4.78, 5) is 10.3. The van der Waals surface area contributed by atoms with Gasteiger partial charge in [-0.2, -0.15) is 0 Å². The second-order valence-electron chi connectivity index (χ2n) is 3.53. The van der Waals surface area contributed by atoms with Gasteiger partial charge in [-0.15, -0.1) is 0 Å². The summed E-state index contributed by atoms with van der Waals surface area (Å²) in [6.07, 6.45) is -0.477. The van der Waals surface area contributed by atoms with E-state index in [1.807, 2.05) is 0 Å². The summed E-state index contributed by atoms with van der Waals surface area (Å²) in [6.45, 7) is 1.50. The molecule has 1 aromatic carbocycles. The molecule has 0 radical (unpaired) electrons. The molecular formula is C10H12FNO4S. The van der Waals surface area contributed by atoms with Crippen molar-refractivity contribution in [2.24, 2.45) is 0 Å². The van der Waals surface area contributed by atoms with Crippen molar-refractivity contribution in [2.75, 3.05) is 10.5 Å². The fourth-order valence-corrected chi connectivity index (χ4v) is 2.19. The fourth-order valence-electron chi connectivity index (χ4n) is 1.16. The van der Waals surface area contributed by atoms with Gasteiger partial charge in [-0.25, -0.2) is 12.8 Å². The number of benzene rings is 1. The van der Waals surface area contributed by atoms with E-state index < -0.39 is 34.0 Å². The molecule has 0 amide bonds. The molecule has 5 nitrogen and oxygen atoms in total. The first-order chi connectivity index (χ1) is 7.80. The number of aryl methyl sites for hydroxylation is 1. The van der Waals surface area contributed by atoms with Gasteiger partial charge >= 0.3 is 5.97 Å². The molecule has 7 heteroatoms. The number of hydrogen-bond acceptors (Lipinski definition) is 3. The summed E-state index contributed by atoms with van der Waals surface area (Å²) in [6, 6.07) is 3.76. The Balaban J connectivity index is 2.76. The van der Waals surface area contributed by atoms with E-state index in [4.69, 9.17) is 5.11 Å². The highest BCUT2D eigenvalue weighted by Gasteiger charge is 2.13. The molecule has 1 rings (SSSR count). The van der Waals surface area contributed by atoms with Crippen LogP contribution in [0.25, 0.3) is 0 Å². The monoisotopic (exact) mass is 261 g/mol. The van der Waals surface area contributed by atoms with Crippen molar-refractivity contribution in [1.29, 1.82) is 0 Å². The summed E-state index contributed by atoms with van der Waals surface area (Å²) in [5.41, 5.74) is 0.526. The van der Waals surface area contributed by atoms with Gasteiger partial charge in [0, 0.05) is 5.69 Å². The van der Waals surface area contributed by atoms with Crippen LogP contribution < -0.4 is 4.72 Å². The molecule has 0 saturated heterocycles. The van der Waals surface area contributed by atoms with Gasteiger partial charge in [0.2, 0.25) is 10.0 Å². The predicted molar refractivity (Wildman–Crippen MR) is 60.8 cm³/mol. The quantitative estimate of drug-likeness (QED) is 0.838. The molecule has 1 aromatic rings. The van der Waals surface area contributed by atoms with Gasteiger partial charge in [0.05, 0.1) is 12.2 Å². The average Bonchev–Trinajstić information content (AvgIpc) is 2.21. The third kappa shape index (κ3) is 4.39. The van der Waals surface area contributed by atoms with Crippen molar-refractivity contribution in [3.63, 3.8) is 0 Å². The molecule has 2 N–H and O–H groups in total. The van der Waals surface area contributed by atoms with E-state index in [-0.39, 0.29) is 5.69 Å². The molecule has 0 atom stereocenters. The van der Waals surface area contributed by atoms with Gasteiger partial charge < -0.3 is 5.11 Å². The average molecular weight is 261 g/mol. The number of carboxylic acids is 1. The molecular weight excluding hydrogens is 249 g/mol. The Labute approximate surface area is 98.3 Å². The second-order valence-corrected chi connectivity index (χ2v) is 5.37. The van der Waals surface area contributed by atoms with Crippen LogP contribution in [0.15, 0.2) is 18.2 Å². The van der Waals surface area contributed by atoms with Crippen LogP contribution in [0.2, 0.25) is 0 Å². The van der Waals surface area contributed by atoms with Crippen LogP contribution in [-0.4, -0.2) is 25.2 Å². The van der Waals surface area contributed by atoms with Crippen molar-refractivity contribution < 1.29 is 22.7 Å². The number of carboxylic acid groups (broad SMARTS) is 1. The molecule has 17 heavy (non-hydrogen) atoms. The lowest BCUT2D eigenvalue weighted by atomic mass is 10.2. The van der Waals surface area contributed by atoms with Crippen LogP contribution in [0.1, 0.15) is 12.0 Å². The third-order valence-electron chi connectivity index (χ3n) is 2.02. The minimum Gasteiger partial charge on any atom is -0.481 e. The number of nitrogens with one attached hydrogen (secondary N) is 1. The maximum absolute atomic E-state index is 12.9. The van der Waals surface area contributed by atoms with Crippen LogP contribution in [-0.2, 0) is 14.8 Å². The summed E-state index contributed by atoms with van der Waals surface area (Å²) in [5.74, 6) is -2.14. The normalized spacial score (nSPS) is 11.2. The Bertz CT molecular complexity index is 527. The van der Waals surface area contributed by atoms with Gasteiger partial charge in [0.1, 0.15) is 5.82 Å². The number of anilines is 1. The molecule has 94 valence electrons. The lowest BCUT2D eigenvalue weighted by Gasteiger charge is -2.07. The SMILES string of the molecule is Cc1cc(NS(=O)(=O)CCC(=O)O)ccc1F. The predicted octanol–water partition coefficient (Wildman–Crippen LogP) is 1.35. The second kappa shape index (κ2) is 5.13. The molecule has 0 aliphatic heterocycles. The van der Waals surface area contributed by atoms with Crippen molar-refractivity contribution in [2.45, 2.75) is 13.3 Å². The van der Waals surface area contributed by atoms with Crippen LogP contribution in [0, 0.1) is 12.7 Å². The molecule has 0 bridgehead atoms. The van der Waals surface area contributed by atoms with Crippen LogP contribution in [0.3, 0.4) is 0 Å². The summed E-state index contributed by atoms with van der Waals surface area (Å²) in [7, 11) is -3.71. The maximum atomic E-state index is 12.9. The van der Waals surface area contributed by atoms with E-state index in [9.17, 15) is 17.6 Å². The van der Waals surface area contributed by atoms with Gasteiger partial charge in [-0.1, -0.05) is 0 Å². The van der Waals surface area contributed by atoms with E-state index >= 15 is 0 Å². The molecule has 0 aliphatic carbocycles. The first-order valence-corrected chi connectivity index (χ1v) is 6.44. The zero-order chi connectivity index (χ0) is 13.1. The van der Waals surface area contributed by atoms with Crippen molar-refractivity contribution in [1.82, 2.24) is 0 Å². The lowest BCUT2D eigenvalue weighted by Crippen LogP contribution is -2.18. The van der Waals surface area contributed by atoms with Crippen LogP contribution >= 0.6 is 0 Å². The highest BCUT2D eigenvalue weighted by Crippen LogP contribution is 2.15. The molecule has 0 aromatic heterocycles. The Hall–Kier alpha value is -1.63. The Morgan fingerprint density at radius 1 is 1.47 bits per heavy atom. The van der Waals surface area contributed by atoms with Gasteiger partial charge in [-0.05, 0) is 30.7 Å². The zero-order valence-corrected chi connectivity index (χ0v) is 9.92. The van der Waals surface area contributed by atoms with Crippen molar-refractivity contribution in [3.05, 3.63) is 29.6 Å². The number of rotatable bonds is 5. The van der Waals surface area contributed by atoms with E-state index in [1.165, 1.54) is 19.1 Å². The lowest BCUT2D eigenvalue weighted by molar-refractivity contribution is -0.136. The number of hydrogen-bond donors (Lipinski definition) is 2. The number of aliphatic carboxylic acids is 1. The standard InChI is InChI=1S/C10H12FNO4S/c1-7-6-8(2-3-9(7)11)12-17(15,16)5-4-10(13)14/h2-3,6,12H,4-5H2,1H3,(H,13,14). The van der Waals surface area contributed by atoms with Crippen LogP contribution in [0.5, 0.6) is 0 Å². The number of sulfonamides is 1. The van der Waals surface area contributed by atoms with Gasteiger partial charge in [0.15, 0.2) is 0 Å². The minimum absolute atomic E-state index is 0.217. The van der Waals surface area contributed by atoms with E-state index in [0.717, 1.165) is 6.07 Å². The molecule has 0 spiro atoms. The first kappa shape index (κ1) is 13.4. The summed E-state index contributed by atoms with van der Waals surface area (Å²) >= 11 is 0. The number of halogens is 1. The molecule has 0 fully saturated rings. The minimum atomic E-state index is -3.71. The van der Waals surface area contributed by atoms with Gasteiger partial charge in [-0.3, -0.25) is 9.52 Å². The first-order valence-electron chi connectivity index (χ1n) is 4.78. The largest absolute Gasteiger partial charge is 0.481 e. The smallest absolute Gasteiger partial charge is 0.304 e. The molecule has 0 aliphatic rings. The van der Waals surface area contributed by atoms with Crippen molar-refractivity contribution in [3.8, 4) is 0 Å². The molecule has 0 unspecified atom stereocenters. The number of carbonyl (C=O) groups is 1. The molecule has 0 heterocycles. The van der Waals surface area contributed by atoms with Gasteiger partial charge in [0.25, 0.3) is 0 Å². The van der Waals surface area contributed by atoms with E-state index in [1.54, 1.807) is 0 Å². The zero-order valence-electron chi connectivity index (χ0n) is 9.10. The Morgan fingerprint density at radius 3 is 2.65 bits per heavy atom. The summed E-state index contributed by atoms with van der Waals surface area (Å²) in [5, 5.41) is 8.38. The van der Waals surface area contributed by atoms with E-state index in [2.05, 4.69) is 4.72 Å². The maximum Gasteiger partial charge on any atom is 0.304 e. The Kier molecular flexibility index (Phi) is 4.06. The van der Waals surface area contributed by atoms with Crippen molar-refractivity contribution >= 4 is 21.7 Å². The van der Waals surface area contributed by atoms with Crippen LogP contribution in [0.4, 0.5) is 10.1 Å². The fraction of sp³-hybridized carbons (Fsp3) is 0.300. The Morgan fingerprint density at radius 2 is 2.12 bits per heavy atom. The third-order valence-corrected chi connectivity index (χ3v) is 3.30. The summed E-state index contributed by atoms with van der Waals surface area (Å²) < 4.78 is 38.0. The topological polar surface area (TPSA) is 83.5 Å². The molecule has 0 saturated carbocycles. The van der Waals surface area contributed by atoms with E-state index in [0.29, 0.717) is 5.56 Å². The highest BCUT2D eigenvalue weighted by atomic mass is 32.2. The highest BCUT2D eigenvalue weighted by molar-refractivity contribution is 7.92.